The molecule has 0 bridgehead atoms. The van der Waals surface area contributed by atoms with Crippen LogP contribution in [0.15, 0.2) is 39.4 Å². The molecule has 1 aliphatic carbocycles. The number of halogens is 2. The lowest BCUT2D eigenvalue weighted by Gasteiger charge is -2.49. The number of ether oxygens (including phenoxy) is 1. The Morgan fingerprint density at radius 3 is 2.42 bits per heavy atom. The number of rotatable bonds is 2. The highest BCUT2D eigenvalue weighted by molar-refractivity contribution is 6.53. The van der Waals surface area contributed by atoms with E-state index in [4.69, 9.17) is 27.9 Å². The SMILES string of the molecule is COc1ccc([C@H]2C3=CCn4c(=O)n(C)c(=O)n4[C@@H]3C[C@@]3(Cl)C(=O)N(C)C(=O)[C@@]23Cl)cc1O. The lowest BCUT2D eigenvalue weighted by molar-refractivity contribution is -0.137. The van der Waals surface area contributed by atoms with Gasteiger partial charge >= 0.3 is 11.4 Å². The van der Waals surface area contributed by atoms with Gasteiger partial charge in [0, 0.05) is 26.4 Å². The van der Waals surface area contributed by atoms with Crippen LogP contribution in [0, 0.1) is 0 Å². The predicted octanol–water partition coefficient (Wildman–Crippen LogP) is 0.685. The van der Waals surface area contributed by atoms with E-state index in [-0.39, 0.29) is 24.5 Å². The molecule has 2 fully saturated rings. The molecule has 3 heterocycles. The summed E-state index contributed by atoms with van der Waals surface area (Å²) in [6.45, 7) is 0.0691. The lowest BCUT2D eigenvalue weighted by Crippen LogP contribution is -2.59. The predicted molar refractivity (Wildman–Crippen MR) is 118 cm³/mol. The van der Waals surface area contributed by atoms with Gasteiger partial charge in [0.25, 0.3) is 11.8 Å². The average molecular weight is 495 g/mol. The Labute approximate surface area is 197 Å². The number of hydrogen-bond acceptors (Lipinski definition) is 6. The second kappa shape index (κ2) is 6.77. The molecular formula is C21H20Cl2N4O6. The van der Waals surface area contributed by atoms with Crippen LogP contribution in [0.2, 0.25) is 0 Å². The average Bonchev–Trinajstić information content (AvgIpc) is 3.08. The topological polar surface area (TPSA) is 116 Å². The highest BCUT2D eigenvalue weighted by Crippen LogP contribution is 2.63. The fourth-order valence-corrected chi connectivity index (χ4v) is 6.38. The van der Waals surface area contributed by atoms with E-state index in [0.29, 0.717) is 11.1 Å². The van der Waals surface area contributed by atoms with Gasteiger partial charge in [-0.1, -0.05) is 12.1 Å². The molecule has 0 spiro atoms. The van der Waals surface area contributed by atoms with Gasteiger partial charge < -0.3 is 9.84 Å². The number of amides is 2. The number of alkyl halides is 2. The van der Waals surface area contributed by atoms with Gasteiger partial charge in [0.2, 0.25) is 0 Å². The number of allylic oxidation sites excluding steroid dienone is 2. The van der Waals surface area contributed by atoms with Crippen molar-refractivity contribution >= 4 is 35.0 Å². The van der Waals surface area contributed by atoms with E-state index < -0.39 is 44.9 Å². The van der Waals surface area contributed by atoms with Gasteiger partial charge in [0.15, 0.2) is 21.2 Å². The number of likely N-dealkylation sites (tertiary alicyclic amines) is 1. The van der Waals surface area contributed by atoms with Gasteiger partial charge in [-0.05, 0) is 23.3 Å². The van der Waals surface area contributed by atoms with Gasteiger partial charge in [0.1, 0.15) is 0 Å². The maximum absolute atomic E-state index is 13.4. The molecule has 12 heteroatoms. The summed E-state index contributed by atoms with van der Waals surface area (Å²) in [5.41, 5.74) is -0.0962. The van der Waals surface area contributed by atoms with Crippen LogP contribution in [0.3, 0.4) is 0 Å². The molecular weight excluding hydrogens is 475 g/mol. The van der Waals surface area contributed by atoms with Crippen LogP contribution in [-0.4, -0.2) is 59.7 Å². The van der Waals surface area contributed by atoms with Crippen molar-refractivity contribution in [3.8, 4) is 11.5 Å². The van der Waals surface area contributed by atoms with E-state index in [1.54, 1.807) is 12.1 Å². The van der Waals surface area contributed by atoms with Gasteiger partial charge in [0.05, 0.1) is 19.7 Å². The van der Waals surface area contributed by atoms with Gasteiger partial charge in [-0.15, -0.1) is 23.2 Å². The van der Waals surface area contributed by atoms with E-state index in [1.165, 1.54) is 42.7 Å². The number of hydrogen-bond donors (Lipinski definition) is 1. The summed E-state index contributed by atoms with van der Waals surface area (Å²) >= 11 is 14.0. The number of methoxy groups -OCH3 is 1. The molecule has 2 amide bonds. The van der Waals surface area contributed by atoms with Crippen molar-refractivity contribution in [3.05, 3.63) is 56.4 Å². The number of phenols is 1. The molecule has 2 aromatic rings. The fourth-order valence-electron chi connectivity index (χ4n) is 5.38. The molecule has 10 nitrogen and oxygen atoms in total. The molecule has 1 N–H and O–H groups in total. The first-order valence-corrected chi connectivity index (χ1v) is 10.9. The molecule has 0 unspecified atom stereocenters. The standard InChI is InChI=1S/C21H20Cl2N4O6/c1-24-16(29)20(22)9-12-11(6-7-26-18(31)25(2)19(32)27(12)26)15(21(20,23)17(24)30)10-4-5-14(33-3)13(28)8-10/h4-6,8,12,15,28H,7,9H2,1-3H3/t12-,15+,20-,21+/m1/s1. The third-order valence-corrected chi connectivity index (χ3v) is 8.42. The number of aromatic hydroxyl groups is 1. The van der Waals surface area contributed by atoms with Crippen LogP contribution < -0.4 is 16.1 Å². The van der Waals surface area contributed by atoms with E-state index in [2.05, 4.69) is 0 Å². The number of carbonyl (C=O) groups is 2. The highest BCUT2D eigenvalue weighted by atomic mass is 35.5. The van der Waals surface area contributed by atoms with Gasteiger partial charge in [-0.25, -0.2) is 23.5 Å². The first-order valence-electron chi connectivity index (χ1n) is 10.1. The summed E-state index contributed by atoms with van der Waals surface area (Å²) in [7, 11) is 4.07. The van der Waals surface area contributed by atoms with Gasteiger partial charge in [-0.2, -0.15) is 0 Å². The quantitative estimate of drug-likeness (QED) is 0.373. The summed E-state index contributed by atoms with van der Waals surface area (Å²) in [6.07, 6.45) is 1.56. The number of benzene rings is 1. The van der Waals surface area contributed by atoms with Crippen LogP contribution in [0.5, 0.6) is 11.5 Å². The second-order valence-electron chi connectivity index (χ2n) is 8.52. The van der Waals surface area contributed by atoms with Crippen LogP contribution >= 0.6 is 23.2 Å². The Balaban J connectivity index is 1.81. The molecule has 1 aromatic heterocycles. The summed E-state index contributed by atoms with van der Waals surface area (Å²) in [6, 6.07) is 3.74. The summed E-state index contributed by atoms with van der Waals surface area (Å²) < 4.78 is 8.63. The first kappa shape index (κ1) is 21.8. The maximum Gasteiger partial charge on any atom is 0.347 e. The summed E-state index contributed by atoms with van der Waals surface area (Å²) in [5.74, 6) is -2.30. The van der Waals surface area contributed by atoms with Crippen molar-refractivity contribution in [1.82, 2.24) is 18.8 Å². The first-order chi connectivity index (χ1) is 15.5. The third kappa shape index (κ3) is 2.45. The Morgan fingerprint density at radius 1 is 1.09 bits per heavy atom. The molecule has 5 rings (SSSR count). The Kier molecular flexibility index (Phi) is 4.48. The molecule has 3 aliphatic rings. The second-order valence-corrected chi connectivity index (χ2v) is 9.76. The maximum atomic E-state index is 13.4. The third-order valence-electron chi connectivity index (χ3n) is 7.01. The largest absolute Gasteiger partial charge is 0.504 e. The number of aromatic nitrogens is 3. The van der Waals surface area contributed by atoms with Crippen molar-refractivity contribution in [1.29, 1.82) is 0 Å². The number of phenolic OH excluding ortho intramolecular Hbond substituents is 1. The molecule has 2 aliphatic heterocycles. The Hall–Kier alpha value is -2.98. The highest BCUT2D eigenvalue weighted by Gasteiger charge is 2.74. The molecule has 33 heavy (non-hydrogen) atoms. The van der Waals surface area contributed by atoms with E-state index in [9.17, 15) is 24.3 Å². The van der Waals surface area contributed by atoms with Crippen LogP contribution in [0.4, 0.5) is 0 Å². The van der Waals surface area contributed by atoms with Crippen molar-refractivity contribution in [2.75, 3.05) is 14.2 Å². The number of fused-ring (bicyclic) bond motifs is 4. The minimum absolute atomic E-state index is 0.0691. The van der Waals surface area contributed by atoms with E-state index >= 15 is 0 Å². The van der Waals surface area contributed by atoms with E-state index in [0.717, 1.165) is 9.47 Å². The zero-order valence-electron chi connectivity index (χ0n) is 17.9. The monoisotopic (exact) mass is 494 g/mol. The fraction of sp³-hybridized carbons (Fsp3) is 0.429. The zero-order valence-corrected chi connectivity index (χ0v) is 19.4. The van der Waals surface area contributed by atoms with Crippen molar-refractivity contribution < 1.29 is 19.4 Å². The molecule has 174 valence electrons. The number of imide groups is 1. The minimum atomic E-state index is -1.91. The Bertz CT molecular complexity index is 1390. The zero-order chi connectivity index (χ0) is 24.0. The summed E-state index contributed by atoms with van der Waals surface area (Å²) in [4.78, 5) is 49.2. The molecule has 4 atom stereocenters. The van der Waals surface area contributed by atoms with Crippen molar-refractivity contribution in [2.24, 2.45) is 7.05 Å². The normalized spacial score (nSPS) is 30.6. The van der Waals surface area contributed by atoms with Crippen LogP contribution in [0.1, 0.15) is 23.9 Å². The van der Waals surface area contributed by atoms with Crippen molar-refractivity contribution in [2.45, 2.75) is 34.7 Å². The molecule has 1 saturated heterocycles. The lowest BCUT2D eigenvalue weighted by atomic mass is 9.64. The molecule has 1 aromatic carbocycles. The van der Waals surface area contributed by atoms with Gasteiger partial charge in [-0.3, -0.25) is 14.5 Å². The smallest absolute Gasteiger partial charge is 0.347 e. The molecule has 1 saturated carbocycles. The van der Waals surface area contributed by atoms with E-state index in [1.807, 2.05) is 0 Å². The van der Waals surface area contributed by atoms with Crippen LogP contribution in [-0.2, 0) is 23.2 Å². The number of carbonyl (C=O) groups excluding carboxylic acids is 2. The molecule has 0 radical (unpaired) electrons. The van der Waals surface area contributed by atoms with Crippen molar-refractivity contribution in [3.63, 3.8) is 0 Å². The number of nitrogens with zero attached hydrogens (tertiary/aromatic N) is 4. The minimum Gasteiger partial charge on any atom is -0.504 e. The Morgan fingerprint density at radius 2 is 1.79 bits per heavy atom. The van der Waals surface area contributed by atoms with Crippen LogP contribution in [0.25, 0.3) is 0 Å². The summed E-state index contributed by atoms with van der Waals surface area (Å²) in [5, 5.41) is 10.4.